The van der Waals surface area contributed by atoms with Gasteiger partial charge in [0.1, 0.15) is 11.6 Å². The smallest absolute Gasteiger partial charge is 0.407 e. The van der Waals surface area contributed by atoms with Crippen LogP contribution in [-0.2, 0) is 11.3 Å². The van der Waals surface area contributed by atoms with Gasteiger partial charge in [0, 0.05) is 6.54 Å². The molecule has 2 aromatic carbocycles. The number of carbonyl (C=O) groups is 1. The Labute approximate surface area is 144 Å². The molecule has 0 aliphatic heterocycles. The summed E-state index contributed by atoms with van der Waals surface area (Å²) in [6.45, 7) is 0.823. The van der Waals surface area contributed by atoms with Crippen molar-refractivity contribution in [2.45, 2.75) is 13.0 Å². The van der Waals surface area contributed by atoms with Gasteiger partial charge in [-0.25, -0.2) is 9.78 Å². The normalized spacial score (nSPS) is 11.0. The van der Waals surface area contributed by atoms with Crippen molar-refractivity contribution in [3.8, 4) is 0 Å². The molecule has 24 heavy (non-hydrogen) atoms. The fraction of sp³-hybridized carbons (Fsp3) is 0.158. The van der Waals surface area contributed by atoms with Gasteiger partial charge in [-0.15, -0.1) is 11.3 Å². The summed E-state index contributed by atoms with van der Waals surface area (Å²) in [5.41, 5.74) is 1.99. The molecule has 1 heterocycles. The SMILES string of the molecule is O=C(NCCC=Cc1nc2ccccc2s1)OCc1ccccc1. The standard InChI is InChI=1S/C19H18N2O2S/c22-19(23-14-15-8-2-1-3-9-15)20-13-7-6-12-18-21-16-10-4-5-11-17(16)24-18/h1-6,8-12H,7,13-14H2,(H,20,22). The van der Waals surface area contributed by atoms with E-state index in [1.807, 2.05) is 60.7 Å². The molecule has 0 saturated carbocycles. The van der Waals surface area contributed by atoms with Gasteiger partial charge in [0.15, 0.2) is 0 Å². The van der Waals surface area contributed by atoms with Gasteiger partial charge in [-0.2, -0.15) is 0 Å². The first-order valence-corrected chi connectivity index (χ1v) is 8.59. The van der Waals surface area contributed by atoms with Crippen LogP contribution < -0.4 is 5.32 Å². The van der Waals surface area contributed by atoms with Crippen molar-refractivity contribution in [1.82, 2.24) is 10.3 Å². The van der Waals surface area contributed by atoms with Gasteiger partial charge >= 0.3 is 6.09 Å². The number of amides is 1. The summed E-state index contributed by atoms with van der Waals surface area (Å²) in [5.74, 6) is 0. The largest absolute Gasteiger partial charge is 0.445 e. The zero-order valence-corrected chi connectivity index (χ0v) is 14.0. The number of para-hydroxylation sites is 1. The van der Waals surface area contributed by atoms with Crippen molar-refractivity contribution in [2.75, 3.05) is 6.54 Å². The number of fused-ring (bicyclic) bond motifs is 1. The lowest BCUT2D eigenvalue weighted by atomic mass is 10.2. The molecule has 0 saturated heterocycles. The molecule has 5 heteroatoms. The van der Waals surface area contributed by atoms with Crippen molar-refractivity contribution in [3.05, 3.63) is 71.2 Å². The zero-order valence-electron chi connectivity index (χ0n) is 13.1. The van der Waals surface area contributed by atoms with Crippen molar-refractivity contribution in [1.29, 1.82) is 0 Å². The van der Waals surface area contributed by atoms with Crippen molar-refractivity contribution in [2.24, 2.45) is 0 Å². The Bertz CT molecular complexity index is 795. The minimum absolute atomic E-state index is 0.286. The van der Waals surface area contributed by atoms with E-state index in [1.54, 1.807) is 11.3 Å². The molecule has 3 rings (SSSR count). The monoisotopic (exact) mass is 338 g/mol. The van der Waals surface area contributed by atoms with Crippen molar-refractivity contribution < 1.29 is 9.53 Å². The topological polar surface area (TPSA) is 51.2 Å². The predicted octanol–water partition coefficient (Wildman–Crippen LogP) is 4.63. The first-order valence-electron chi connectivity index (χ1n) is 7.78. The van der Waals surface area contributed by atoms with E-state index in [9.17, 15) is 4.79 Å². The van der Waals surface area contributed by atoms with E-state index < -0.39 is 6.09 Å². The molecule has 1 aromatic heterocycles. The van der Waals surface area contributed by atoms with Crippen LogP contribution in [0.3, 0.4) is 0 Å². The molecule has 1 amide bonds. The molecule has 0 aliphatic carbocycles. The molecule has 0 fully saturated rings. The molecule has 1 N–H and O–H groups in total. The Kier molecular flexibility index (Phi) is 5.58. The lowest BCUT2D eigenvalue weighted by Crippen LogP contribution is -2.24. The number of aromatic nitrogens is 1. The summed E-state index contributed by atoms with van der Waals surface area (Å²) in [7, 11) is 0. The second kappa shape index (κ2) is 8.26. The quantitative estimate of drug-likeness (QED) is 0.667. The molecule has 0 bridgehead atoms. The van der Waals surface area contributed by atoms with Crippen molar-refractivity contribution in [3.63, 3.8) is 0 Å². The lowest BCUT2D eigenvalue weighted by molar-refractivity contribution is 0.140. The lowest BCUT2D eigenvalue weighted by Gasteiger charge is -2.05. The highest BCUT2D eigenvalue weighted by Crippen LogP contribution is 2.22. The summed E-state index contributed by atoms with van der Waals surface area (Å²) in [6, 6.07) is 17.7. The van der Waals surface area contributed by atoms with Gasteiger partial charge < -0.3 is 10.1 Å². The number of hydrogen-bond donors (Lipinski definition) is 1. The third-order valence-corrected chi connectivity index (χ3v) is 4.37. The molecule has 0 spiro atoms. The Hall–Kier alpha value is -2.66. The van der Waals surface area contributed by atoms with Crippen LogP contribution in [0.5, 0.6) is 0 Å². The fourth-order valence-corrected chi connectivity index (χ4v) is 3.08. The van der Waals surface area contributed by atoms with Gasteiger partial charge in [0.25, 0.3) is 0 Å². The van der Waals surface area contributed by atoms with Crippen LogP contribution in [0.2, 0.25) is 0 Å². The van der Waals surface area contributed by atoms with Gasteiger partial charge in [-0.05, 0) is 30.2 Å². The Morgan fingerprint density at radius 3 is 2.75 bits per heavy atom. The molecule has 0 radical (unpaired) electrons. The van der Waals surface area contributed by atoms with Crippen molar-refractivity contribution >= 4 is 33.7 Å². The molecule has 4 nitrogen and oxygen atoms in total. The maximum absolute atomic E-state index is 11.6. The average Bonchev–Trinajstić information content (AvgIpc) is 3.03. The second-order valence-corrected chi connectivity index (χ2v) is 6.26. The number of nitrogens with one attached hydrogen (secondary N) is 1. The highest BCUT2D eigenvalue weighted by molar-refractivity contribution is 7.19. The van der Waals surface area contributed by atoms with Crippen LogP contribution >= 0.6 is 11.3 Å². The highest BCUT2D eigenvalue weighted by Gasteiger charge is 2.01. The third-order valence-electron chi connectivity index (χ3n) is 3.36. The van der Waals surface area contributed by atoms with E-state index in [4.69, 9.17) is 4.74 Å². The van der Waals surface area contributed by atoms with Gasteiger partial charge in [-0.1, -0.05) is 48.5 Å². The summed E-state index contributed by atoms with van der Waals surface area (Å²) < 4.78 is 6.33. The molecular formula is C19H18N2O2S. The Balaban J connectivity index is 1.37. The fourth-order valence-electron chi connectivity index (χ4n) is 2.18. The number of hydrogen-bond acceptors (Lipinski definition) is 4. The minimum atomic E-state index is -0.396. The van der Waals surface area contributed by atoms with Crippen LogP contribution in [0, 0.1) is 0 Å². The van der Waals surface area contributed by atoms with E-state index in [0.29, 0.717) is 6.54 Å². The number of rotatable bonds is 6. The third kappa shape index (κ3) is 4.67. The van der Waals surface area contributed by atoms with E-state index >= 15 is 0 Å². The predicted molar refractivity (Wildman–Crippen MR) is 97.9 cm³/mol. The molecule has 0 aliphatic rings. The summed E-state index contributed by atoms with van der Waals surface area (Å²) >= 11 is 1.66. The molecule has 3 aromatic rings. The summed E-state index contributed by atoms with van der Waals surface area (Å²) in [5, 5.41) is 3.71. The maximum atomic E-state index is 11.6. The molecular weight excluding hydrogens is 320 g/mol. The Morgan fingerprint density at radius 1 is 1.12 bits per heavy atom. The maximum Gasteiger partial charge on any atom is 0.407 e. The van der Waals surface area contributed by atoms with E-state index in [-0.39, 0.29) is 6.61 Å². The first-order chi connectivity index (χ1) is 11.8. The first kappa shape index (κ1) is 16.2. The van der Waals surface area contributed by atoms with Crippen LogP contribution in [0.4, 0.5) is 4.79 Å². The van der Waals surface area contributed by atoms with E-state index in [2.05, 4.69) is 16.4 Å². The minimum Gasteiger partial charge on any atom is -0.445 e. The number of thiazole rings is 1. The van der Waals surface area contributed by atoms with E-state index in [0.717, 1.165) is 22.5 Å². The second-order valence-electron chi connectivity index (χ2n) is 5.20. The number of nitrogens with zero attached hydrogens (tertiary/aromatic N) is 1. The molecule has 122 valence electrons. The van der Waals surface area contributed by atoms with Crippen LogP contribution in [-0.4, -0.2) is 17.6 Å². The van der Waals surface area contributed by atoms with E-state index in [1.165, 1.54) is 4.70 Å². The number of ether oxygens (including phenoxy) is 1. The van der Waals surface area contributed by atoms with Gasteiger partial charge in [0.05, 0.1) is 10.2 Å². The summed E-state index contributed by atoms with van der Waals surface area (Å²) in [6.07, 6.45) is 4.33. The van der Waals surface area contributed by atoms with Crippen LogP contribution in [0.25, 0.3) is 16.3 Å². The highest BCUT2D eigenvalue weighted by atomic mass is 32.1. The number of benzene rings is 2. The molecule has 0 atom stereocenters. The number of alkyl carbamates (subject to hydrolysis) is 1. The molecule has 0 unspecified atom stereocenters. The van der Waals surface area contributed by atoms with Gasteiger partial charge in [0.2, 0.25) is 0 Å². The Morgan fingerprint density at radius 2 is 1.92 bits per heavy atom. The van der Waals surface area contributed by atoms with Crippen LogP contribution in [0.15, 0.2) is 60.7 Å². The zero-order chi connectivity index (χ0) is 16.6. The average molecular weight is 338 g/mol. The van der Waals surface area contributed by atoms with Crippen LogP contribution in [0.1, 0.15) is 17.0 Å². The number of carbonyl (C=O) groups excluding carboxylic acids is 1. The summed E-state index contributed by atoms with van der Waals surface area (Å²) in [4.78, 5) is 16.1. The van der Waals surface area contributed by atoms with Gasteiger partial charge in [-0.3, -0.25) is 0 Å².